The van der Waals surface area contributed by atoms with Crippen molar-refractivity contribution in [3.05, 3.63) is 83.8 Å². The Bertz CT molecular complexity index is 1300. The predicted octanol–water partition coefficient (Wildman–Crippen LogP) is 3.26. The van der Waals surface area contributed by atoms with E-state index in [1.807, 2.05) is 49.3 Å². The molecule has 33 heavy (non-hydrogen) atoms. The number of carbonyl (C=O) groups excluding carboxylic acids is 2. The van der Waals surface area contributed by atoms with E-state index in [0.717, 1.165) is 23.2 Å². The van der Waals surface area contributed by atoms with Gasteiger partial charge in [0.1, 0.15) is 23.5 Å². The van der Waals surface area contributed by atoms with Crippen molar-refractivity contribution in [1.29, 1.82) is 0 Å². The summed E-state index contributed by atoms with van der Waals surface area (Å²) < 4.78 is 1.72. The molecule has 0 saturated carbocycles. The molecule has 8 heteroatoms. The summed E-state index contributed by atoms with van der Waals surface area (Å²) >= 11 is 0. The number of anilines is 2. The topological polar surface area (TPSA) is 92.2 Å². The van der Waals surface area contributed by atoms with Crippen molar-refractivity contribution < 1.29 is 9.59 Å². The third-order valence-corrected chi connectivity index (χ3v) is 5.42. The maximum absolute atomic E-state index is 13.1. The number of benzene rings is 2. The number of hydrogen-bond acceptors (Lipinski definition) is 5. The lowest BCUT2D eigenvalue weighted by Gasteiger charge is -2.12. The van der Waals surface area contributed by atoms with Crippen LogP contribution < -0.4 is 15.5 Å². The van der Waals surface area contributed by atoms with Gasteiger partial charge in [-0.05, 0) is 30.2 Å². The third kappa shape index (κ3) is 4.69. The van der Waals surface area contributed by atoms with Crippen LogP contribution in [0.3, 0.4) is 0 Å². The predicted molar refractivity (Wildman–Crippen MR) is 130 cm³/mol. The second-order valence-corrected chi connectivity index (χ2v) is 7.91. The minimum atomic E-state index is -0.329. The molecule has 0 aliphatic rings. The van der Waals surface area contributed by atoms with Gasteiger partial charge in [-0.25, -0.2) is 9.97 Å². The number of aromatic nitrogens is 3. The van der Waals surface area contributed by atoms with Crippen molar-refractivity contribution in [2.24, 2.45) is 7.05 Å². The standard InChI is InChI=1S/C25H26N6O2/c1-30(2)22-19-15-21(31(3)23(19)28-16-27-22)25(33)29-20-12-8-7-11-18(20)24(32)26-14-13-17-9-5-4-6-10-17/h4-12,15-16H,13-14H2,1-3H3,(H,26,32)(H,29,33). The first kappa shape index (κ1) is 22.0. The highest BCUT2D eigenvalue weighted by atomic mass is 16.2. The van der Waals surface area contributed by atoms with Crippen molar-refractivity contribution in [3.63, 3.8) is 0 Å². The van der Waals surface area contributed by atoms with Gasteiger partial charge in [-0.1, -0.05) is 42.5 Å². The molecule has 2 aromatic heterocycles. The summed E-state index contributed by atoms with van der Waals surface area (Å²) in [5.41, 5.74) is 3.09. The fourth-order valence-corrected chi connectivity index (χ4v) is 3.73. The van der Waals surface area contributed by atoms with Crippen molar-refractivity contribution >= 4 is 34.4 Å². The normalized spacial score (nSPS) is 10.8. The molecule has 4 aromatic rings. The molecule has 4 rings (SSSR count). The fourth-order valence-electron chi connectivity index (χ4n) is 3.73. The Morgan fingerprint density at radius 1 is 0.970 bits per heavy atom. The van der Waals surface area contributed by atoms with Gasteiger partial charge in [0, 0.05) is 27.7 Å². The Morgan fingerprint density at radius 3 is 2.45 bits per heavy atom. The minimum absolute atomic E-state index is 0.236. The summed E-state index contributed by atoms with van der Waals surface area (Å²) in [6.45, 7) is 0.500. The van der Waals surface area contributed by atoms with Crippen molar-refractivity contribution in [2.45, 2.75) is 6.42 Å². The molecule has 2 heterocycles. The molecule has 0 bridgehead atoms. The number of carbonyl (C=O) groups is 2. The number of para-hydroxylation sites is 1. The Labute approximate surface area is 192 Å². The Morgan fingerprint density at radius 2 is 1.70 bits per heavy atom. The molecule has 0 aliphatic heterocycles. The smallest absolute Gasteiger partial charge is 0.272 e. The van der Waals surface area contributed by atoms with Crippen LogP contribution in [0.25, 0.3) is 11.0 Å². The summed E-state index contributed by atoms with van der Waals surface area (Å²) in [5.74, 6) is 0.164. The van der Waals surface area contributed by atoms with Gasteiger partial charge in [0.15, 0.2) is 0 Å². The van der Waals surface area contributed by atoms with E-state index in [4.69, 9.17) is 0 Å². The molecule has 0 atom stereocenters. The second-order valence-electron chi connectivity index (χ2n) is 7.91. The number of rotatable bonds is 7. The SMILES string of the molecule is CN(C)c1ncnc2c1cc(C(=O)Nc1ccccc1C(=O)NCCc1ccccc1)n2C. The molecule has 0 saturated heterocycles. The van der Waals surface area contributed by atoms with Crippen molar-refractivity contribution in [2.75, 3.05) is 30.9 Å². The van der Waals surface area contributed by atoms with Crippen LogP contribution in [0.1, 0.15) is 26.4 Å². The zero-order chi connectivity index (χ0) is 23.4. The van der Waals surface area contributed by atoms with E-state index in [1.165, 1.54) is 6.33 Å². The molecule has 0 spiro atoms. The molecular weight excluding hydrogens is 416 g/mol. The van der Waals surface area contributed by atoms with Crippen LogP contribution in [0.15, 0.2) is 67.0 Å². The summed E-state index contributed by atoms with van der Waals surface area (Å²) in [5, 5.41) is 6.60. The maximum atomic E-state index is 13.1. The summed E-state index contributed by atoms with van der Waals surface area (Å²) in [6, 6.07) is 18.7. The molecule has 168 valence electrons. The van der Waals surface area contributed by atoms with Crippen molar-refractivity contribution in [1.82, 2.24) is 19.9 Å². The van der Waals surface area contributed by atoms with Crippen molar-refractivity contribution in [3.8, 4) is 0 Å². The molecule has 0 fully saturated rings. The first-order chi connectivity index (χ1) is 16.0. The number of hydrogen-bond donors (Lipinski definition) is 2. The van der Waals surface area contributed by atoms with Gasteiger partial charge in [0.05, 0.1) is 16.6 Å². The number of aryl methyl sites for hydroxylation is 1. The van der Waals surface area contributed by atoms with Crippen LogP contribution in [0, 0.1) is 0 Å². The molecule has 2 amide bonds. The average molecular weight is 443 g/mol. The average Bonchev–Trinajstić information content (AvgIpc) is 3.16. The van der Waals surface area contributed by atoms with Gasteiger partial charge >= 0.3 is 0 Å². The zero-order valence-electron chi connectivity index (χ0n) is 18.9. The van der Waals surface area contributed by atoms with Crippen LogP contribution in [-0.4, -0.2) is 47.0 Å². The highest BCUT2D eigenvalue weighted by Gasteiger charge is 2.19. The lowest BCUT2D eigenvalue weighted by atomic mass is 10.1. The van der Waals surface area contributed by atoms with Gasteiger partial charge in [-0.3, -0.25) is 9.59 Å². The first-order valence-electron chi connectivity index (χ1n) is 10.7. The first-order valence-corrected chi connectivity index (χ1v) is 10.7. The van der Waals surface area contributed by atoms with E-state index >= 15 is 0 Å². The van der Waals surface area contributed by atoms with Crippen LogP contribution in [0.2, 0.25) is 0 Å². The van der Waals surface area contributed by atoms with Gasteiger partial charge in [-0.15, -0.1) is 0 Å². The van der Waals surface area contributed by atoms with E-state index in [1.54, 1.807) is 41.9 Å². The molecule has 0 radical (unpaired) electrons. The van der Waals surface area contributed by atoms with E-state index in [0.29, 0.717) is 29.1 Å². The molecule has 0 aliphatic carbocycles. The summed E-state index contributed by atoms with van der Waals surface area (Å²) in [4.78, 5) is 36.4. The van der Waals surface area contributed by atoms with E-state index < -0.39 is 0 Å². The minimum Gasteiger partial charge on any atom is -0.362 e. The van der Waals surface area contributed by atoms with Crippen LogP contribution in [-0.2, 0) is 13.5 Å². The van der Waals surface area contributed by atoms with E-state index in [2.05, 4.69) is 20.6 Å². The molecule has 8 nitrogen and oxygen atoms in total. The van der Waals surface area contributed by atoms with Crippen LogP contribution in [0.4, 0.5) is 11.5 Å². The highest BCUT2D eigenvalue weighted by molar-refractivity contribution is 6.10. The highest BCUT2D eigenvalue weighted by Crippen LogP contribution is 2.25. The number of nitrogens with zero attached hydrogens (tertiary/aromatic N) is 4. The van der Waals surface area contributed by atoms with Gasteiger partial charge in [0.25, 0.3) is 11.8 Å². The lowest BCUT2D eigenvalue weighted by molar-refractivity contribution is 0.0955. The Balaban J connectivity index is 1.52. The fraction of sp³-hybridized carbons (Fsp3) is 0.200. The monoisotopic (exact) mass is 442 g/mol. The second kappa shape index (κ2) is 9.52. The Kier molecular flexibility index (Phi) is 6.35. The molecule has 2 N–H and O–H groups in total. The maximum Gasteiger partial charge on any atom is 0.272 e. The number of amides is 2. The summed E-state index contributed by atoms with van der Waals surface area (Å²) in [7, 11) is 5.56. The lowest BCUT2D eigenvalue weighted by Crippen LogP contribution is -2.27. The number of nitrogens with one attached hydrogen (secondary N) is 2. The zero-order valence-corrected chi connectivity index (χ0v) is 18.9. The summed E-state index contributed by atoms with van der Waals surface area (Å²) in [6.07, 6.45) is 2.21. The van der Waals surface area contributed by atoms with Gasteiger partial charge < -0.3 is 20.1 Å². The largest absolute Gasteiger partial charge is 0.362 e. The van der Waals surface area contributed by atoms with Crippen LogP contribution in [0.5, 0.6) is 0 Å². The molecule has 2 aromatic carbocycles. The van der Waals surface area contributed by atoms with Gasteiger partial charge in [-0.2, -0.15) is 0 Å². The van der Waals surface area contributed by atoms with E-state index in [9.17, 15) is 9.59 Å². The number of fused-ring (bicyclic) bond motifs is 1. The van der Waals surface area contributed by atoms with E-state index in [-0.39, 0.29) is 11.8 Å². The quantitative estimate of drug-likeness (QED) is 0.458. The molecular formula is C25H26N6O2. The third-order valence-electron chi connectivity index (χ3n) is 5.42. The Hall–Kier alpha value is -4.20. The van der Waals surface area contributed by atoms with Crippen LogP contribution >= 0.6 is 0 Å². The van der Waals surface area contributed by atoms with Gasteiger partial charge in [0.2, 0.25) is 0 Å². The molecule has 0 unspecified atom stereocenters.